The molecule has 1 aromatic heterocycles. The Kier molecular flexibility index (Phi) is 7.86. The van der Waals surface area contributed by atoms with Crippen molar-refractivity contribution in [2.24, 2.45) is 0 Å². The third-order valence-electron chi connectivity index (χ3n) is 7.43. The van der Waals surface area contributed by atoms with Crippen molar-refractivity contribution in [3.05, 3.63) is 57.2 Å². The van der Waals surface area contributed by atoms with Crippen molar-refractivity contribution >= 4 is 22.6 Å². The Bertz CT molecular complexity index is 1410. The van der Waals surface area contributed by atoms with Crippen molar-refractivity contribution in [1.82, 2.24) is 4.90 Å². The number of likely N-dealkylation sites (tertiary alicyclic amines) is 1. The smallest absolute Gasteiger partial charge is 0.197 e. The van der Waals surface area contributed by atoms with Gasteiger partial charge in [-0.15, -0.1) is 0 Å². The van der Waals surface area contributed by atoms with Crippen molar-refractivity contribution in [2.45, 2.75) is 49.1 Å². The molecule has 0 aliphatic carbocycles. The number of phenolic OH excluding ortho intramolecular Hbond substituents is 2. The van der Waals surface area contributed by atoms with E-state index in [0.29, 0.717) is 30.1 Å². The number of hydrogen-bond acceptors (Lipinski definition) is 11. The Balaban J connectivity index is 1.61. The van der Waals surface area contributed by atoms with Gasteiger partial charge in [0, 0.05) is 35.7 Å². The lowest BCUT2D eigenvalue weighted by molar-refractivity contribution is -0.314. The summed E-state index contributed by atoms with van der Waals surface area (Å²) < 4.78 is 17.8. The molecule has 11 nitrogen and oxygen atoms in total. The second-order valence-electron chi connectivity index (χ2n) is 10.0. The first-order valence-corrected chi connectivity index (χ1v) is 12.9. The van der Waals surface area contributed by atoms with E-state index < -0.39 is 60.5 Å². The van der Waals surface area contributed by atoms with Crippen LogP contribution in [0.3, 0.4) is 0 Å². The molecule has 3 heterocycles. The number of aromatic hydroxyl groups is 2. The van der Waals surface area contributed by atoms with E-state index in [4.69, 9.17) is 25.5 Å². The molecular weight excluding hydrogens is 534 g/mol. The average Bonchev–Trinajstić information content (AvgIpc) is 2.89. The maximum absolute atomic E-state index is 13.2. The SMILES string of the molecule is CN1CC[C@H](c2c(O)cc(O)c3c(=O)cc(-c4ccccc4Cl)oc23)[C@H](O[C@@H]2O[C@H](CO)[C@@H](O)[C@H](O)[C@H]2O)C1. The zero-order chi connectivity index (χ0) is 28.0. The molecule has 0 saturated carbocycles. The minimum Gasteiger partial charge on any atom is -0.507 e. The average molecular weight is 564 g/mol. The van der Waals surface area contributed by atoms with Gasteiger partial charge in [-0.2, -0.15) is 0 Å². The van der Waals surface area contributed by atoms with Gasteiger partial charge in [-0.05, 0) is 32.1 Å². The second-order valence-corrected chi connectivity index (χ2v) is 10.4. The third-order valence-corrected chi connectivity index (χ3v) is 7.76. The number of likely N-dealkylation sites (N-methyl/N-ethyl adjacent to an activating group) is 1. The summed E-state index contributed by atoms with van der Waals surface area (Å²) in [5.41, 5.74) is 0.0945. The van der Waals surface area contributed by atoms with Crippen molar-refractivity contribution < 1.29 is 44.5 Å². The maximum atomic E-state index is 13.2. The normalized spacial score (nSPS) is 30.1. The van der Waals surface area contributed by atoms with Gasteiger partial charge in [0.2, 0.25) is 0 Å². The summed E-state index contributed by atoms with van der Waals surface area (Å²) in [4.78, 5) is 15.1. The Morgan fingerprint density at radius 3 is 2.54 bits per heavy atom. The lowest BCUT2D eigenvalue weighted by atomic mass is 9.85. The quantitative estimate of drug-likeness (QED) is 0.263. The first-order chi connectivity index (χ1) is 18.6. The number of rotatable bonds is 5. The molecule has 5 rings (SSSR count). The number of phenols is 2. The molecule has 0 bridgehead atoms. The van der Waals surface area contributed by atoms with E-state index in [9.17, 15) is 35.4 Å². The predicted molar refractivity (Wildman–Crippen MR) is 140 cm³/mol. The molecule has 2 aromatic carbocycles. The number of fused-ring (bicyclic) bond motifs is 1. The molecule has 0 unspecified atom stereocenters. The fourth-order valence-corrected chi connectivity index (χ4v) is 5.59. The van der Waals surface area contributed by atoms with Crippen LogP contribution >= 0.6 is 11.6 Å². The summed E-state index contributed by atoms with van der Waals surface area (Å²) in [7, 11) is 1.85. The minimum atomic E-state index is -1.63. The van der Waals surface area contributed by atoms with Crippen LogP contribution in [0.25, 0.3) is 22.3 Å². The highest BCUT2D eigenvalue weighted by molar-refractivity contribution is 6.33. The van der Waals surface area contributed by atoms with E-state index >= 15 is 0 Å². The van der Waals surface area contributed by atoms with Crippen molar-refractivity contribution in [2.75, 3.05) is 26.7 Å². The van der Waals surface area contributed by atoms with Crippen LogP contribution in [0.15, 0.2) is 45.6 Å². The molecule has 2 aliphatic heterocycles. The van der Waals surface area contributed by atoms with Crippen LogP contribution in [0.5, 0.6) is 11.5 Å². The standard InChI is InChI=1S/C27H30ClNO10/c1-29-7-6-13(19(10-29)38-27-25(36)24(35)23(34)20(11-30)39-27)21-15(31)8-16(32)22-17(33)9-18(37-26(21)22)12-4-2-3-5-14(12)28/h2-5,8-9,13,19-20,23-25,27,30-32,34-36H,6-7,10-11H2,1H3/t13-,19+,20+,23+,24-,25+,27+/m0/s1. The summed E-state index contributed by atoms with van der Waals surface area (Å²) in [6.07, 6.45) is -7.70. The number of aliphatic hydroxyl groups excluding tert-OH is 4. The second kappa shape index (κ2) is 11.0. The first-order valence-electron chi connectivity index (χ1n) is 12.5. The van der Waals surface area contributed by atoms with Crippen LogP contribution in [0, 0.1) is 0 Å². The van der Waals surface area contributed by atoms with Crippen LogP contribution in [0.4, 0.5) is 0 Å². The third kappa shape index (κ3) is 5.12. The summed E-state index contributed by atoms with van der Waals surface area (Å²) in [6.45, 7) is 0.267. The van der Waals surface area contributed by atoms with Crippen LogP contribution < -0.4 is 5.43 Å². The molecule has 7 atom stereocenters. The number of piperidine rings is 1. The van der Waals surface area contributed by atoms with E-state index in [1.54, 1.807) is 24.3 Å². The van der Waals surface area contributed by atoms with Gasteiger partial charge in [0.05, 0.1) is 17.7 Å². The highest BCUT2D eigenvalue weighted by Crippen LogP contribution is 2.44. The molecule has 2 aliphatic rings. The number of halogens is 1. The van der Waals surface area contributed by atoms with E-state index in [1.165, 1.54) is 6.07 Å². The molecule has 0 radical (unpaired) electrons. The molecule has 210 valence electrons. The van der Waals surface area contributed by atoms with E-state index in [0.717, 1.165) is 6.07 Å². The van der Waals surface area contributed by atoms with Crippen molar-refractivity contribution in [3.63, 3.8) is 0 Å². The number of ether oxygens (including phenoxy) is 2. The van der Waals surface area contributed by atoms with Crippen molar-refractivity contribution in [3.8, 4) is 22.8 Å². The molecule has 0 amide bonds. The predicted octanol–water partition coefficient (Wildman–Crippen LogP) is 1.13. The maximum Gasteiger partial charge on any atom is 0.197 e. The van der Waals surface area contributed by atoms with E-state index in [2.05, 4.69) is 0 Å². The zero-order valence-corrected chi connectivity index (χ0v) is 21.7. The summed E-state index contributed by atoms with van der Waals surface area (Å²) in [5.74, 6) is -1.24. The Morgan fingerprint density at radius 1 is 1.08 bits per heavy atom. The van der Waals surface area contributed by atoms with Gasteiger partial charge in [-0.1, -0.05) is 23.7 Å². The highest BCUT2D eigenvalue weighted by atomic mass is 35.5. The number of aliphatic hydroxyl groups is 4. The molecule has 2 fully saturated rings. The zero-order valence-electron chi connectivity index (χ0n) is 21.0. The van der Waals surface area contributed by atoms with Gasteiger partial charge in [-0.3, -0.25) is 4.79 Å². The molecule has 0 spiro atoms. The lowest BCUT2D eigenvalue weighted by Crippen LogP contribution is -2.60. The lowest BCUT2D eigenvalue weighted by Gasteiger charge is -2.44. The van der Waals surface area contributed by atoms with Crippen LogP contribution in [-0.2, 0) is 9.47 Å². The molecule has 3 aromatic rings. The minimum absolute atomic E-state index is 0.0353. The van der Waals surface area contributed by atoms with Gasteiger partial charge in [-0.25, -0.2) is 0 Å². The number of benzene rings is 2. The van der Waals surface area contributed by atoms with Gasteiger partial charge >= 0.3 is 0 Å². The highest BCUT2D eigenvalue weighted by Gasteiger charge is 2.46. The molecule has 6 N–H and O–H groups in total. The van der Waals surface area contributed by atoms with E-state index in [-0.39, 0.29) is 28.0 Å². The Morgan fingerprint density at radius 2 is 1.82 bits per heavy atom. The fraction of sp³-hybridized carbons (Fsp3) is 0.444. The molecular formula is C27H30ClNO10. The van der Waals surface area contributed by atoms with Crippen molar-refractivity contribution in [1.29, 1.82) is 0 Å². The summed E-state index contributed by atoms with van der Waals surface area (Å²) >= 11 is 6.34. The topological polar surface area (TPSA) is 173 Å². The van der Waals surface area contributed by atoms with Gasteiger partial charge < -0.3 is 49.4 Å². The van der Waals surface area contributed by atoms with Crippen LogP contribution in [0.1, 0.15) is 17.9 Å². The van der Waals surface area contributed by atoms with Gasteiger partial charge in [0.15, 0.2) is 11.7 Å². The van der Waals surface area contributed by atoms with Crippen LogP contribution in [0.2, 0.25) is 5.02 Å². The Labute approximate surface area is 228 Å². The fourth-order valence-electron chi connectivity index (χ4n) is 5.36. The number of nitrogens with zero attached hydrogens (tertiary/aromatic N) is 1. The van der Waals surface area contributed by atoms with Crippen LogP contribution in [-0.4, -0.2) is 99.1 Å². The van der Waals surface area contributed by atoms with E-state index in [1.807, 2.05) is 11.9 Å². The summed E-state index contributed by atoms with van der Waals surface area (Å²) in [6, 6.07) is 9.08. The number of hydrogen-bond donors (Lipinski definition) is 6. The largest absolute Gasteiger partial charge is 0.507 e. The molecule has 12 heteroatoms. The first kappa shape index (κ1) is 27.8. The summed E-state index contributed by atoms with van der Waals surface area (Å²) in [5, 5.41) is 62.3. The van der Waals surface area contributed by atoms with Gasteiger partial charge in [0.25, 0.3) is 0 Å². The molecule has 39 heavy (non-hydrogen) atoms. The monoisotopic (exact) mass is 563 g/mol. The van der Waals surface area contributed by atoms with Gasteiger partial charge in [0.1, 0.15) is 52.6 Å². The molecule has 2 saturated heterocycles. The Hall–Kier alpha value is -2.74.